The normalized spacial score (nSPS) is 11.0. The zero-order valence-electron chi connectivity index (χ0n) is 7.80. The molecule has 74 valence electrons. The number of aromatic amines is 1. The van der Waals surface area contributed by atoms with E-state index in [9.17, 15) is 4.39 Å². The standard InChI is InChI=1S/C10H11FN2O/c1-14-12-6-7-5-8-9(11)3-2-4-10(8)13-7/h2-5,12-13H,6H2,1H3. The van der Waals surface area contributed by atoms with Crippen LogP contribution in [0.4, 0.5) is 4.39 Å². The van der Waals surface area contributed by atoms with Crippen LogP contribution in [0.3, 0.4) is 0 Å². The minimum Gasteiger partial charge on any atom is -0.357 e. The van der Waals surface area contributed by atoms with Crippen LogP contribution in [-0.4, -0.2) is 12.1 Å². The molecule has 0 aliphatic rings. The van der Waals surface area contributed by atoms with Crippen molar-refractivity contribution >= 4 is 10.9 Å². The lowest BCUT2D eigenvalue weighted by Crippen LogP contribution is -2.10. The maximum atomic E-state index is 13.3. The van der Waals surface area contributed by atoms with Crippen molar-refractivity contribution in [3.05, 3.63) is 35.8 Å². The predicted octanol–water partition coefficient (Wildman–Crippen LogP) is 1.96. The summed E-state index contributed by atoms with van der Waals surface area (Å²) in [5.74, 6) is -0.206. The number of rotatable bonds is 3. The lowest BCUT2D eigenvalue weighted by Gasteiger charge is -1.96. The van der Waals surface area contributed by atoms with E-state index in [2.05, 4.69) is 10.5 Å². The van der Waals surface area contributed by atoms with Crippen LogP contribution < -0.4 is 5.48 Å². The smallest absolute Gasteiger partial charge is 0.132 e. The fraction of sp³-hybridized carbons (Fsp3) is 0.200. The van der Waals surface area contributed by atoms with Crippen LogP contribution in [0.1, 0.15) is 5.69 Å². The largest absolute Gasteiger partial charge is 0.357 e. The van der Waals surface area contributed by atoms with Gasteiger partial charge in [0, 0.05) is 16.6 Å². The Bertz CT molecular complexity index is 439. The molecule has 1 aromatic heterocycles. The number of aromatic nitrogens is 1. The molecule has 1 heterocycles. The van der Waals surface area contributed by atoms with Gasteiger partial charge in [-0.15, -0.1) is 0 Å². The second-order valence-corrected chi connectivity index (χ2v) is 3.02. The van der Waals surface area contributed by atoms with Crippen molar-refractivity contribution in [1.82, 2.24) is 10.5 Å². The molecule has 0 saturated carbocycles. The van der Waals surface area contributed by atoms with Crippen molar-refractivity contribution in [2.24, 2.45) is 0 Å². The van der Waals surface area contributed by atoms with Gasteiger partial charge in [0.1, 0.15) is 5.82 Å². The van der Waals surface area contributed by atoms with E-state index in [1.54, 1.807) is 19.2 Å². The number of H-pyrrole nitrogens is 1. The molecule has 0 amide bonds. The molecule has 0 spiro atoms. The molecule has 0 aliphatic heterocycles. The summed E-state index contributed by atoms with van der Waals surface area (Å²) in [5.41, 5.74) is 4.39. The summed E-state index contributed by atoms with van der Waals surface area (Å²) >= 11 is 0. The minimum atomic E-state index is -0.206. The fourth-order valence-corrected chi connectivity index (χ4v) is 1.42. The van der Waals surface area contributed by atoms with E-state index in [0.717, 1.165) is 11.2 Å². The third-order valence-electron chi connectivity index (χ3n) is 2.07. The average Bonchev–Trinajstić information content (AvgIpc) is 2.59. The number of hydrogen-bond donors (Lipinski definition) is 2. The van der Waals surface area contributed by atoms with Crippen molar-refractivity contribution in [3.63, 3.8) is 0 Å². The summed E-state index contributed by atoms with van der Waals surface area (Å²) in [5, 5.41) is 0.611. The molecule has 4 heteroatoms. The second kappa shape index (κ2) is 3.77. The van der Waals surface area contributed by atoms with Crippen LogP contribution >= 0.6 is 0 Å². The third kappa shape index (κ3) is 1.62. The molecule has 0 unspecified atom stereocenters. The zero-order chi connectivity index (χ0) is 9.97. The number of hydrogen-bond acceptors (Lipinski definition) is 2. The molecule has 2 rings (SSSR count). The highest BCUT2D eigenvalue weighted by atomic mass is 19.1. The summed E-state index contributed by atoms with van der Waals surface area (Å²) in [4.78, 5) is 7.80. The van der Waals surface area contributed by atoms with E-state index >= 15 is 0 Å². The summed E-state index contributed by atoms with van der Waals surface area (Å²) < 4.78 is 13.3. The van der Waals surface area contributed by atoms with Gasteiger partial charge in [0.25, 0.3) is 0 Å². The Labute approximate surface area is 80.8 Å². The Kier molecular flexibility index (Phi) is 2.47. The second-order valence-electron chi connectivity index (χ2n) is 3.02. The first-order valence-electron chi connectivity index (χ1n) is 4.33. The molecule has 0 fully saturated rings. The van der Waals surface area contributed by atoms with Crippen LogP contribution in [-0.2, 0) is 11.4 Å². The van der Waals surface area contributed by atoms with Gasteiger partial charge in [-0.2, -0.15) is 5.48 Å². The van der Waals surface area contributed by atoms with Crippen LogP contribution in [0.15, 0.2) is 24.3 Å². The summed E-state index contributed by atoms with van der Waals surface area (Å²) in [6.07, 6.45) is 0. The minimum absolute atomic E-state index is 0.206. The molecule has 2 N–H and O–H groups in total. The first-order valence-corrected chi connectivity index (χ1v) is 4.33. The summed E-state index contributed by atoms with van der Waals surface area (Å²) in [6.45, 7) is 0.532. The van der Waals surface area contributed by atoms with Crippen molar-refractivity contribution in [2.45, 2.75) is 6.54 Å². The maximum Gasteiger partial charge on any atom is 0.132 e. The molecular weight excluding hydrogens is 183 g/mol. The summed E-state index contributed by atoms with van der Waals surface area (Å²) in [7, 11) is 1.54. The Hall–Kier alpha value is -1.39. The lowest BCUT2D eigenvalue weighted by molar-refractivity contribution is 0.0860. The number of fused-ring (bicyclic) bond motifs is 1. The Morgan fingerprint density at radius 3 is 3.07 bits per heavy atom. The highest BCUT2D eigenvalue weighted by Gasteiger charge is 2.03. The maximum absolute atomic E-state index is 13.3. The van der Waals surface area contributed by atoms with E-state index in [1.807, 2.05) is 6.07 Å². The fourth-order valence-electron chi connectivity index (χ4n) is 1.42. The first-order chi connectivity index (χ1) is 6.81. The molecule has 0 radical (unpaired) electrons. The Morgan fingerprint density at radius 1 is 1.50 bits per heavy atom. The van der Waals surface area contributed by atoms with Crippen LogP contribution in [0.5, 0.6) is 0 Å². The highest BCUT2D eigenvalue weighted by Crippen LogP contribution is 2.18. The van der Waals surface area contributed by atoms with Gasteiger partial charge in [-0.25, -0.2) is 4.39 Å². The monoisotopic (exact) mass is 194 g/mol. The zero-order valence-corrected chi connectivity index (χ0v) is 7.80. The molecule has 3 nitrogen and oxygen atoms in total. The van der Waals surface area contributed by atoms with E-state index in [4.69, 9.17) is 4.84 Å². The van der Waals surface area contributed by atoms with Crippen molar-refractivity contribution in [2.75, 3.05) is 7.11 Å². The van der Waals surface area contributed by atoms with Gasteiger partial charge in [-0.3, -0.25) is 0 Å². The number of nitrogens with one attached hydrogen (secondary N) is 2. The Morgan fingerprint density at radius 2 is 2.36 bits per heavy atom. The van der Waals surface area contributed by atoms with Gasteiger partial charge < -0.3 is 9.82 Å². The molecular formula is C10H11FN2O. The van der Waals surface area contributed by atoms with E-state index < -0.39 is 0 Å². The Balaban J connectivity index is 2.36. The molecule has 0 aliphatic carbocycles. The highest BCUT2D eigenvalue weighted by molar-refractivity contribution is 5.80. The van der Waals surface area contributed by atoms with E-state index in [-0.39, 0.29) is 5.82 Å². The van der Waals surface area contributed by atoms with Crippen molar-refractivity contribution < 1.29 is 9.23 Å². The van der Waals surface area contributed by atoms with Crippen LogP contribution in [0.25, 0.3) is 10.9 Å². The molecule has 0 bridgehead atoms. The molecule has 0 atom stereocenters. The number of hydroxylamine groups is 1. The topological polar surface area (TPSA) is 37.0 Å². The van der Waals surface area contributed by atoms with Crippen molar-refractivity contribution in [3.8, 4) is 0 Å². The van der Waals surface area contributed by atoms with Gasteiger partial charge in [-0.1, -0.05) is 6.07 Å². The van der Waals surface area contributed by atoms with E-state index in [0.29, 0.717) is 11.9 Å². The van der Waals surface area contributed by atoms with Gasteiger partial charge >= 0.3 is 0 Å². The van der Waals surface area contributed by atoms with Gasteiger partial charge in [0.05, 0.1) is 13.7 Å². The van der Waals surface area contributed by atoms with Gasteiger partial charge in [-0.05, 0) is 18.2 Å². The number of halogens is 1. The number of benzene rings is 1. The molecule has 14 heavy (non-hydrogen) atoms. The summed E-state index contributed by atoms with van der Waals surface area (Å²) in [6, 6.07) is 6.75. The third-order valence-corrected chi connectivity index (χ3v) is 2.07. The molecule has 0 saturated heterocycles. The molecule has 2 aromatic rings. The molecule has 1 aromatic carbocycles. The van der Waals surface area contributed by atoms with Crippen molar-refractivity contribution in [1.29, 1.82) is 0 Å². The SMILES string of the molecule is CONCc1cc2c(F)cccc2[nH]1. The quantitative estimate of drug-likeness (QED) is 0.733. The predicted molar refractivity (Wildman–Crippen MR) is 52.1 cm³/mol. The average molecular weight is 194 g/mol. The first kappa shape index (κ1) is 9.18. The van der Waals surface area contributed by atoms with Gasteiger partial charge in [0.15, 0.2) is 0 Å². The van der Waals surface area contributed by atoms with Crippen LogP contribution in [0, 0.1) is 5.82 Å². The van der Waals surface area contributed by atoms with Crippen LogP contribution in [0.2, 0.25) is 0 Å². The van der Waals surface area contributed by atoms with E-state index in [1.165, 1.54) is 6.07 Å². The van der Waals surface area contributed by atoms with Gasteiger partial charge in [0.2, 0.25) is 0 Å². The lowest BCUT2D eigenvalue weighted by atomic mass is 10.2.